The first-order valence-electron chi connectivity index (χ1n) is 9.65. The van der Waals surface area contributed by atoms with Crippen molar-refractivity contribution in [2.45, 2.75) is 18.9 Å². The Morgan fingerprint density at radius 3 is 2.72 bits per heavy atom. The molecule has 4 heterocycles. The summed E-state index contributed by atoms with van der Waals surface area (Å²) in [6, 6.07) is 7.53. The number of hydrogen-bond donors (Lipinski definition) is 2. The minimum absolute atomic E-state index is 0.0811. The molecule has 7 nitrogen and oxygen atoms in total. The Labute approximate surface area is 178 Å². The van der Waals surface area contributed by atoms with E-state index in [0.29, 0.717) is 28.0 Å². The van der Waals surface area contributed by atoms with Crippen molar-refractivity contribution in [1.82, 2.24) is 14.6 Å². The maximum Gasteiger partial charge on any atom is 0.167 e. The Hall–Kier alpha value is -2.06. The van der Waals surface area contributed by atoms with Gasteiger partial charge in [0.1, 0.15) is 12.1 Å². The monoisotopic (exact) mass is 432 g/mol. The lowest BCUT2D eigenvalue weighted by molar-refractivity contribution is 0.131. The molecule has 152 valence electrons. The third-order valence-corrected chi connectivity index (χ3v) is 7.16. The van der Waals surface area contributed by atoms with Crippen LogP contribution in [0, 0.1) is 5.41 Å². The van der Waals surface area contributed by atoms with Crippen LogP contribution >= 0.6 is 23.2 Å². The van der Waals surface area contributed by atoms with Crippen molar-refractivity contribution in [3.8, 4) is 11.1 Å². The van der Waals surface area contributed by atoms with Crippen molar-refractivity contribution in [1.29, 1.82) is 0 Å². The van der Waals surface area contributed by atoms with E-state index in [0.717, 1.165) is 49.5 Å². The molecule has 2 aromatic heterocycles. The highest BCUT2D eigenvalue weighted by Crippen LogP contribution is 2.42. The molecular weight excluding hydrogens is 411 g/mol. The van der Waals surface area contributed by atoms with Crippen LogP contribution in [-0.4, -0.2) is 46.9 Å². The highest BCUT2D eigenvalue weighted by molar-refractivity contribution is 6.44. The fraction of sp³-hybridized carbons (Fsp3) is 0.400. The van der Waals surface area contributed by atoms with Crippen molar-refractivity contribution in [2.24, 2.45) is 11.1 Å². The summed E-state index contributed by atoms with van der Waals surface area (Å²) in [6.07, 6.45) is 3.49. The molecule has 2 aliphatic rings. The standard InChI is InChI=1S/C20H22Cl2N6O/c21-13-3-1-2-12(18(13)22)17-14(23)8-16(28-19(17)25-11-26-28)27-6-4-20(5-7-27)10-29-9-15(20)24/h1-3,8,11,15H,4-7,9-10,23-24H2. The third-order valence-electron chi connectivity index (χ3n) is 6.34. The summed E-state index contributed by atoms with van der Waals surface area (Å²) in [7, 11) is 0. The summed E-state index contributed by atoms with van der Waals surface area (Å²) in [6.45, 7) is 3.12. The van der Waals surface area contributed by atoms with Gasteiger partial charge in [0.15, 0.2) is 5.65 Å². The van der Waals surface area contributed by atoms with Crippen molar-refractivity contribution in [2.75, 3.05) is 36.9 Å². The van der Waals surface area contributed by atoms with Crippen LogP contribution in [-0.2, 0) is 4.74 Å². The van der Waals surface area contributed by atoms with Crippen molar-refractivity contribution in [3.05, 3.63) is 40.6 Å². The fourth-order valence-corrected chi connectivity index (χ4v) is 4.94. The minimum Gasteiger partial charge on any atom is -0.398 e. The number of piperidine rings is 1. The van der Waals surface area contributed by atoms with Gasteiger partial charge >= 0.3 is 0 Å². The summed E-state index contributed by atoms with van der Waals surface area (Å²) < 4.78 is 7.46. The van der Waals surface area contributed by atoms with Crippen LogP contribution < -0.4 is 16.4 Å². The average Bonchev–Trinajstić information content (AvgIpc) is 3.33. The Bertz CT molecular complexity index is 1080. The van der Waals surface area contributed by atoms with E-state index in [4.69, 9.17) is 39.4 Å². The highest BCUT2D eigenvalue weighted by atomic mass is 35.5. The van der Waals surface area contributed by atoms with E-state index in [9.17, 15) is 0 Å². The smallest absolute Gasteiger partial charge is 0.167 e. The maximum absolute atomic E-state index is 6.49. The van der Waals surface area contributed by atoms with Crippen LogP contribution in [0.25, 0.3) is 16.8 Å². The van der Waals surface area contributed by atoms with E-state index >= 15 is 0 Å². The second-order valence-electron chi connectivity index (χ2n) is 7.90. The van der Waals surface area contributed by atoms with E-state index in [1.807, 2.05) is 22.7 Å². The number of hydrogen-bond acceptors (Lipinski definition) is 6. The molecule has 0 bridgehead atoms. The van der Waals surface area contributed by atoms with E-state index < -0.39 is 0 Å². The quantitative estimate of drug-likeness (QED) is 0.645. The lowest BCUT2D eigenvalue weighted by Gasteiger charge is -2.41. The zero-order valence-corrected chi connectivity index (χ0v) is 17.3. The molecule has 1 atom stereocenters. The number of halogens is 2. The molecule has 29 heavy (non-hydrogen) atoms. The molecule has 0 radical (unpaired) electrons. The molecule has 0 aliphatic carbocycles. The SMILES string of the molecule is Nc1cc(N2CCC3(CC2)COCC3N)n2ncnc2c1-c1cccc(Cl)c1Cl. The van der Waals surface area contributed by atoms with Crippen molar-refractivity contribution in [3.63, 3.8) is 0 Å². The van der Waals surface area contributed by atoms with Crippen molar-refractivity contribution < 1.29 is 4.74 Å². The molecule has 5 rings (SSSR count). The first-order valence-corrected chi connectivity index (χ1v) is 10.4. The Morgan fingerprint density at radius 2 is 2.00 bits per heavy atom. The normalized spacial score (nSPS) is 21.3. The predicted octanol–water partition coefficient (Wildman–Crippen LogP) is 3.23. The van der Waals surface area contributed by atoms with Gasteiger partial charge in [0, 0.05) is 41.9 Å². The first-order chi connectivity index (χ1) is 14.0. The van der Waals surface area contributed by atoms with Gasteiger partial charge in [-0.05, 0) is 18.9 Å². The summed E-state index contributed by atoms with van der Waals surface area (Å²) in [4.78, 5) is 6.76. The molecule has 1 unspecified atom stereocenters. The summed E-state index contributed by atoms with van der Waals surface area (Å²) in [5.74, 6) is 0.916. The number of rotatable bonds is 2. The molecule has 0 saturated carbocycles. The van der Waals surface area contributed by atoms with Crippen LogP contribution in [0.1, 0.15) is 12.8 Å². The number of nitrogen functional groups attached to an aromatic ring is 1. The van der Waals surface area contributed by atoms with Crippen LogP contribution in [0.2, 0.25) is 10.0 Å². The molecule has 2 saturated heterocycles. The van der Waals surface area contributed by atoms with E-state index in [-0.39, 0.29) is 11.5 Å². The first kappa shape index (κ1) is 18.9. The summed E-state index contributed by atoms with van der Waals surface area (Å²) >= 11 is 12.7. The van der Waals surface area contributed by atoms with Crippen LogP contribution in [0.15, 0.2) is 30.6 Å². The Morgan fingerprint density at radius 1 is 1.21 bits per heavy atom. The second kappa shape index (κ2) is 7.02. The number of benzene rings is 1. The van der Waals surface area contributed by atoms with Crippen LogP contribution in [0.3, 0.4) is 0 Å². The predicted molar refractivity (Wildman–Crippen MR) is 116 cm³/mol. The lowest BCUT2D eigenvalue weighted by Crippen LogP contribution is -2.49. The number of ether oxygens (including phenoxy) is 1. The van der Waals surface area contributed by atoms with E-state index in [2.05, 4.69) is 15.0 Å². The van der Waals surface area contributed by atoms with Gasteiger partial charge in [-0.3, -0.25) is 0 Å². The highest BCUT2D eigenvalue weighted by Gasteiger charge is 2.44. The van der Waals surface area contributed by atoms with Gasteiger partial charge in [-0.1, -0.05) is 35.3 Å². The molecule has 4 N–H and O–H groups in total. The Balaban J connectivity index is 1.54. The molecule has 0 amide bonds. The molecule has 3 aromatic rings. The molecule has 2 aliphatic heterocycles. The largest absolute Gasteiger partial charge is 0.398 e. The Kier molecular flexibility index (Phi) is 4.58. The molecule has 1 spiro atoms. The topological polar surface area (TPSA) is 94.7 Å². The second-order valence-corrected chi connectivity index (χ2v) is 8.69. The molecule has 9 heteroatoms. The number of nitrogens with two attached hydrogens (primary N) is 2. The van der Waals surface area contributed by atoms with Gasteiger partial charge in [-0.15, -0.1) is 0 Å². The maximum atomic E-state index is 6.49. The van der Waals surface area contributed by atoms with Crippen molar-refractivity contribution >= 4 is 40.4 Å². The van der Waals surface area contributed by atoms with Crippen LogP contribution in [0.4, 0.5) is 11.5 Å². The number of pyridine rings is 1. The summed E-state index contributed by atoms with van der Waals surface area (Å²) in [5, 5.41) is 5.39. The molecule has 1 aromatic carbocycles. The molecular formula is C20H22Cl2N6O. The number of anilines is 2. The number of nitrogens with zero attached hydrogens (tertiary/aromatic N) is 4. The summed E-state index contributed by atoms with van der Waals surface area (Å²) in [5.41, 5.74) is 15.6. The average molecular weight is 433 g/mol. The van der Waals surface area contributed by atoms with Gasteiger partial charge in [0.05, 0.1) is 28.8 Å². The fourth-order valence-electron chi connectivity index (χ4n) is 4.55. The zero-order chi connectivity index (χ0) is 20.2. The molecule has 2 fully saturated rings. The van der Waals surface area contributed by atoms with Gasteiger partial charge in [-0.25, -0.2) is 4.98 Å². The minimum atomic E-state index is 0.0811. The number of fused-ring (bicyclic) bond motifs is 1. The van der Waals surface area contributed by atoms with E-state index in [1.165, 1.54) is 6.33 Å². The zero-order valence-electron chi connectivity index (χ0n) is 15.8. The van der Waals surface area contributed by atoms with Gasteiger partial charge in [-0.2, -0.15) is 9.61 Å². The van der Waals surface area contributed by atoms with Gasteiger partial charge in [0.25, 0.3) is 0 Å². The van der Waals surface area contributed by atoms with Crippen LogP contribution in [0.5, 0.6) is 0 Å². The number of aromatic nitrogens is 3. The van der Waals surface area contributed by atoms with Gasteiger partial charge < -0.3 is 21.1 Å². The third kappa shape index (κ3) is 2.95. The van der Waals surface area contributed by atoms with E-state index in [1.54, 1.807) is 6.07 Å². The van der Waals surface area contributed by atoms with Gasteiger partial charge in [0.2, 0.25) is 0 Å². The lowest BCUT2D eigenvalue weighted by atomic mass is 9.75.